The van der Waals surface area contributed by atoms with E-state index in [2.05, 4.69) is 0 Å². The molecule has 0 radical (unpaired) electrons. The minimum Gasteiger partial charge on any atom is -0.494 e. The molecule has 0 aliphatic carbocycles. The summed E-state index contributed by atoms with van der Waals surface area (Å²) in [5, 5.41) is 8.99. The van der Waals surface area contributed by atoms with Gasteiger partial charge in [-0.05, 0) is 51.3 Å². The first-order valence-corrected chi connectivity index (χ1v) is 8.68. The quantitative estimate of drug-likeness (QED) is 0.746. The number of hydrogen-bond donors (Lipinski definition) is 1. The number of benzene rings is 1. The zero-order valence-electron chi connectivity index (χ0n) is 12.6. The fourth-order valence-corrected chi connectivity index (χ4v) is 2.42. The van der Waals surface area contributed by atoms with E-state index in [1.165, 1.54) is 12.1 Å². The highest BCUT2D eigenvalue weighted by atomic mass is 32.2. The molecule has 6 heteroatoms. The highest BCUT2D eigenvalue weighted by molar-refractivity contribution is 7.90. The second-order valence-electron chi connectivity index (χ2n) is 5.74. The summed E-state index contributed by atoms with van der Waals surface area (Å²) >= 11 is 0. The van der Waals surface area contributed by atoms with Gasteiger partial charge in [0.1, 0.15) is 5.75 Å². The molecule has 0 amide bonds. The standard InChI is InChI=1S/C15H22O5S/c1-15(2,14(16)17)9-4-5-10-20-12-7-6-8-13(11-12)21(3,18)19/h6-8,11H,4-5,9-10H2,1-3H3,(H,16,17). The molecule has 0 aromatic heterocycles. The van der Waals surface area contributed by atoms with E-state index < -0.39 is 21.2 Å². The first-order valence-electron chi connectivity index (χ1n) is 6.79. The Morgan fingerprint density at radius 3 is 2.52 bits per heavy atom. The minimum atomic E-state index is -3.23. The Balaban J connectivity index is 2.42. The summed E-state index contributed by atoms with van der Waals surface area (Å²) < 4.78 is 28.4. The number of aliphatic carboxylic acids is 1. The number of rotatable bonds is 8. The van der Waals surface area contributed by atoms with Gasteiger partial charge in [0.15, 0.2) is 9.84 Å². The van der Waals surface area contributed by atoms with Crippen molar-refractivity contribution in [3.63, 3.8) is 0 Å². The van der Waals surface area contributed by atoms with Crippen LogP contribution in [0.5, 0.6) is 5.75 Å². The maximum absolute atomic E-state index is 11.4. The molecule has 0 atom stereocenters. The molecule has 5 nitrogen and oxygen atoms in total. The van der Waals surface area contributed by atoms with E-state index in [-0.39, 0.29) is 4.90 Å². The molecule has 0 aliphatic rings. The molecular formula is C15H22O5S. The van der Waals surface area contributed by atoms with Crippen LogP contribution in [0.1, 0.15) is 33.1 Å². The Bertz CT molecular complexity index is 590. The van der Waals surface area contributed by atoms with Crippen LogP contribution in [0, 0.1) is 5.41 Å². The van der Waals surface area contributed by atoms with E-state index in [1.807, 2.05) is 0 Å². The molecule has 1 rings (SSSR count). The van der Waals surface area contributed by atoms with Gasteiger partial charge in [0, 0.05) is 6.26 Å². The Morgan fingerprint density at radius 2 is 1.95 bits per heavy atom. The molecule has 1 aromatic carbocycles. The van der Waals surface area contributed by atoms with Crippen LogP contribution in [0.25, 0.3) is 0 Å². The number of sulfone groups is 1. The third-order valence-corrected chi connectivity index (χ3v) is 4.39. The van der Waals surface area contributed by atoms with Crippen LogP contribution in [-0.2, 0) is 14.6 Å². The summed E-state index contributed by atoms with van der Waals surface area (Å²) in [6.45, 7) is 3.83. The summed E-state index contributed by atoms with van der Waals surface area (Å²) in [5.74, 6) is -0.292. The van der Waals surface area contributed by atoms with Crippen molar-refractivity contribution in [1.82, 2.24) is 0 Å². The average Bonchev–Trinajstić information content (AvgIpc) is 2.37. The van der Waals surface area contributed by atoms with E-state index in [0.717, 1.165) is 19.1 Å². The molecule has 0 saturated heterocycles. The van der Waals surface area contributed by atoms with Crippen molar-refractivity contribution in [2.24, 2.45) is 5.41 Å². The molecule has 0 saturated carbocycles. The lowest BCUT2D eigenvalue weighted by Crippen LogP contribution is -2.23. The zero-order chi connectivity index (χ0) is 16.1. The van der Waals surface area contributed by atoms with Crippen LogP contribution < -0.4 is 4.74 Å². The molecule has 0 aliphatic heterocycles. The van der Waals surface area contributed by atoms with Gasteiger partial charge in [-0.15, -0.1) is 0 Å². The molecule has 0 spiro atoms. The average molecular weight is 314 g/mol. The fourth-order valence-electron chi connectivity index (χ4n) is 1.76. The summed E-state index contributed by atoms with van der Waals surface area (Å²) in [6, 6.07) is 6.36. The predicted octanol–water partition coefficient (Wildman–Crippen LogP) is 2.75. The second kappa shape index (κ2) is 6.93. The Hall–Kier alpha value is -1.56. The molecule has 0 bridgehead atoms. The Kier molecular flexibility index (Phi) is 5.78. The SMILES string of the molecule is CC(C)(CCCCOc1cccc(S(C)(=O)=O)c1)C(=O)O. The van der Waals surface area contributed by atoms with Gasteiger partial charge < -0.3 is 9.84 Å². The van der Waals surface area contributed by atoms with Gasteiger partial charge >= 0.3 is 5.97 Å². The molecule has 0 fully saturated rings. The number of hydrogen-bond acceptors (Lipinski definition) is 4. The number of unbranched alkanes of at least 4 members (excludes halogenated alkanes) is 1. The van der Waals surface area contributed by atoms with E-state index >= 15 is 0 Å². The largest absolute Gasteiger partial charge is 0.494 e. The summed E-state index contributed by atoms with van der Waals surface area (Å²) in [7, 11) is -3.23. The van der Waals surface area contributed by atoms with Crippen LogP contribution in [0.3, 0.4) is 0 Å². The Morgan fingerprint density at radius 1 is 1.29 bits per heavy atom. The third-order valence-electron chi connectivity index (χ3n) is 3.28. The molecule has 1 N–H and O–H groups in total. The van der Waals surface area contributed by atoms with Gasteiger partial charge in [-0.25, -0.2) is 8.42 Å². The van der Waals surface area contributed by atoms with Crippen molar-refractivity contribution in [3.8, 4) is 5.75 Å². The van der Waals surface area contributed by atoms with Crippen molar-refractivity contribution in [2.45, 2.75) is 38.0 Å². The molecule has 118 valence electrons. The third kappa shape index (κ3) is 5.75. The lowest BCUT2D eigenvalue weighted by molar-refractivity contribution is -0.147. The van der Waals surface area contributed by atoms with Crippen LogP contribution >= 0.6 is 0 Å². The minimum absolute atomic E-state index is 0.229. The first-order chi connectivity index (χ1) is 9.63. The van der Waals surface area contributed by atoms with Gasteiger partial charge in [-0.2, -0.15) is 0 Å². The first kappa shape index (κ1) is 17.5. The van der Waals surface area contributed by atoms with Gasteiger partial charge in [0.2, 0.25) is 0 Å². The second-order valence-corrected chi connectivity index (χ2v) is 7.76. The number of ether oxygens (including phenoxy) is 1. The maximum atomic E-state index is 11.4. The van der Waals surface area contributed by atoms with Gasteiger partial charge in [0.25, 0.3) is 0 Å². The molecule has 1 aromatic rings. The van der Waals surface area contributed by atoms with E-state index in [4.69, 9.17) is 9.84 Å². The monoisotopic (exact) mass is 314 g/mol. The molecular weight excluding hydrogens is 292 g/mol. The van der Waals surface area contributed by atoms with Gasteiger partial charge in [-0.1, -0.05) is 6.07 Å². The Labute approximate surface area is 125 Å². The molecule has 21 heavy (non-hydrogen) atoms. The number of carbonyl (C=O) groups is 1. The summed E-state index contributed by atoms with van der Waals surface area (Å²) in [5.41, 5.74) is -0.726. The molecule has 0 unspecified atom stereocenters. The van der Waals surface area contributed by atoms with Crippen molar-refractivity contribution in [3.05, 3.63) is 24.3 Å². The van der Waals surface area contributed by atoms with Crippen LogP contribution in [0.4, 0.5) is 0 Å². The lowest BCUT2D eigenvalue weighted by atomic mass is 9.87. The highest BCUT2D eigenvalue weighted by Gasteiger charge is 2.25. The van der Waals surface area contributed by atoms with Crippen LogP contribution in [0.2, 0.25) is 0 Å². The lowest BCUT2D eigenvalue weighted by Gasteiger charge is -2.18. The topological polar surface area (TPSA) is 80.7 Å². The van der Waals surface area contributed by atoms with E-state index in [0.29, 0.717) is 18.8 Å². The van der Waals surface area contributed by atoms with Gasteiger partial charge in [0.05, 0.1) is 16.9 Å². The van der Waals surface area contributed by atoms with Crippen molar-refractivity contribution in [2.75, 3.05) is 12.9 Å². The van der Waals surface area contributed by atoms with Gasteiger partial charge in [-0.3, -0.25) is 4.79 Å². The van der Waals surface area contributed by atoms with E-state index in [9.17, 15) is 13.2 Å². The summed E-state index contributed by atoms with van der Waals surface area (Å²) in [6.07, 6.45) is 3.19. The predicted molar refractivity (Wildman–Crippen MR) is 80.3 cm³/mol. The van der Waals surface area contributed by atoms with E-state index in [1.54, 1.807) is 26.0 Å². The van der Waals surface area contributed by atoms with Crippen molar-refractivity contribution < 1.29 is 23.1 Å². The maximum Gasteiger partial charge on any atom is 0.309 e. The van der Waals surface area contributed by atoms with Crippen LogP contribution in [0.15, 0.2) is 29.2 Å². The van der Waals surface area contributed by atoms with Crippen LogP contribution in [-0.4, -0.2) is 32.4 Å². The molecule has 0 heterocycles. The van der Waals surface area contributed by atoms with Crippen molar-refractivity contribution >= 4 is 15.8 Å². The van der Waals surface area contributed by atoms with Crippen molar-refractivity contribution in [1.29, 1.82) is 0 Å². The zero-order valence-corrected chi connectivity index (χ0v) is 13.4. The summed E-state index contributed by atoms with van der Waals surface area (Å²) in [4.78, 5) is 11.2. The number of carboxylic acid groups (broad SMARTS) is 1. The smallest absolute Gasteiger partial charge is 0.309 e. The number of carboxylic acids is 1. The fraction of sp³-hybridized carbons (Fsp3) is 0.533. The highest BCUT2D eigenvalue weighted by Crippen LogP contribution is 2.23. The normalized spacial score (nSPS) is 12.1.